The number of aryl methyl sites for hydroxylation is 1. The fourth-order valence-electron chi connectivity index (χ4n) is 1.41. The minimum absolute atomic E-state index is 0.0399. The van der Waals surface area contributed by atoms with Crippen molar-refractivity contribution in [1.29, 1.82) is 0 Å². The monoisotopic (exact) mass is 307 g/mol. The molecule has 1 heterocycles. The van der Waals surface area contributed by atoms with E-state index in [0.29, 0.717) is 18.1 Å². The van der Waals surface area contributed by atoms with E-state index in [1.54, 1.807) is 13.8 Å². The Morgan fingerprint density at radius 3 is 2.63 bits per heavy atom. The molecule has 0 aromatic carbocycles. The Morgan fingerprint density at radius 1 is 1.53 bits per heavy atom. The highest BCUT2D eigenvalue weighted by Gasteiger charge is 2.21. The van der Waals surface area contributed by atoms with Gasteiger partial charge in [-0.05, 0) is 26.8 Å². The Morgan fingerprint density at radius 2 is 2.16 bits per heavy atom. The fraction of sp³-hybridized carbons (Fsp3) is 0.545. The molecule has 1 aromatic rings. The van der Waals surface area contributed by atoms with Crippen molar-refractivity contribution < 1.29 is 22.7 Å². The van der Waals surface area contributed by atoms with Gasteiger partial charge in [0.15, 0.2) is 0 Å². The smallest absolute Gasteiger partial charge is 0.348 e. The number of rotatable bonds is 6. The predicted octanol–water partition coefficient (Wildman–Crippen LogP) is 1.29. The van der Waals surface area contributed by atoms with Gasteiger partial charge in [-0.2, -0.15) is 0 Å². The summed E-state index contributed by atoms with van der Waals surface area (Å²) in [6.07, 6.45) is -0.396. The molecule has 6 nitrogen and oxygen atoms in total. The van der Waals surface area contributed by atoms with Crippen molar-refractivity contribution in [3.05, 3.63) is 15.8 Å². The van der Waals surface area contributed by atoms with Gasteiger partial charge in [-0.15, -0.1) is 11.3 Å². The van der Waals surface area contributed by atoms with Crippen LogP contribution in [0.3, 0.4) is 0 Å². The standard InChI is InChI=1S/C11H17NO5S2/c1-4-16-6-7(2)17-11(13)9-5-10(8(3)18-9)19(12,14)15/h5,7H,4,6H2,1-3H3,(H2,12,14,15). The maximum atomic E-state index is 11.8. The van der Waals surface area contributed by atoms with Gasteiger partial charge in [0.05, 0.1) is 11.5 Å². The molecule has 0 aliphatic carbocycles. The number of carbonyl (C=O) groups is 1. The Bertz CT molecular complexity index is 549. The van der Waals surface area contributed by atoms with Crippen LogP contribution in [-0.4, -0.2) is 33.7 Å². The number of hydrogen-bond donors (Lipinski definition) is 1. The average Bonchev–Trinajstić information content (AvgIpc) is 2.68. The molecule has 2 N–H and O–H groups in total. The van der Waals surface area contributed by atoms with Crippen molar-refractivity contribution in [2.45, 2.75) is 31.8 Å². The molecule has 0 saturated heterocycles. The van der Waals surface area contributed by atoms with Crippen LogP contribution in [0.15, 0.2) is 11.0 Å². The summed E-state index contributed by atoms with van der Waals surface area (Å²) < 4.78 is 32.8. The van der Waals surface area contributed by atoms with Gasteiger partial charge in [0.2, 0.25) is 10.0 Å². The first-order valence-corrected chi connectivity index (χ1v) is 8.04. The van der Waals surface area contributed by atoms with Crippen molar-refractivity contribution in [2.75, 3.05) is 13.2 Å². The van der Waals surface area contributed by atoms with E-state index < -0.39 is 22.1 Å². The lowest BCUT2D eigenvalue weighted by Gasteiger charge is -2.11. The SMILES string of the molecule is CCOCC(C)OC(=O)c1cc(S(N)(=O)=O)c(C)s1. The number of thiophene rings is 1. The van der Waals surface area contributed by atoms with Crippen LogP contribution in [0.1, 0.15) is 28.4 Å². The van der Waals surface area contributed by atoms with Crippen molar-refractivity contribution >= 4 is 27.3 Å². The molecule has 0 bridgehead atoms. The Balaban J connectivity index is 2.79. The molecule has 0 aliphatic rings. The fourth-order valence-corrected chi connectivity index (χ4v) is 3.44. The summed E-state index contributed by atoms with van der Waals surface area (Å²) in [5.74, 6) is -0.574. The van der Waals surface area contributed by atoms with E-state index in [-0.39, 0.29) is 9.77 Å². The van der Waals surface area contributed by atoms with Gasteiger partial charge < -0.3 is 9.47 Å². The molecule has 0 aliphatic heterocycles. The highest BCUT2D eigenvalue weighted by Crippen LogP contribution is 2.25. The maximum Gasteiger partial charge on any atom is 0.348 e. The highest BCUT2D eigenvalue weighted by atomic mass is 32.2. The van der Waals surface area contributed by atoms with Crippen molar-refractivity contribution in [1.82, 2.24) is 0 Å². The molecule has 0 amide bonds. The van der Waals surface area contributed by atoms with Crippen molar-refractivity contribution in [3.8, 4) is 0 Å². The van der Waals surface area contributed by atoms with Gasteiger partial charge in [-0.1, -0.05) is 0 Å². The molecule has 1 atom stereocenters. The van der Waals surface area contributed by atoms with Crippen LogP contribution < -0.4 is 5.14 Å². The number of sulfonamides is 1. The molecule has 1 aromatic heterocycles. The molecule has 8 heteroatoms. The van der Waals surface area contributed by atoms with E-state index >= 15 is 0 Å². The largest absolute Gasteiger partial charge is 0.456 e. The summed E-state index contributed by atoms with van der Waals surface area (Å²) in [5, 5.41) is 5.04. The third kappa shape index (κ3) is 4.57. The van der Waals surface area contributed by atoms with Crippen LogP contribution in [0, 0.1) is 6.92 Å². The molecule has 0 saturated carbocycles. The third-order valence-electron chi connectivity index (χ3n) is 2.24. The number of primary sulfonamides is 1. The number of carbonyl (C=O) groups excluding carboxylic acids is 1. The van der Waals surface area contributed by atoms with Crippen LogP contribution in [0.25, 0.3) is 0 Å². The van der Waals surface area contributed by atoms with Gasteiger partial charge in [0.1, 0.15) is 11.0 Å². The first kappa shape index (κ1) is 16.1. The highest BCUT2D eigenvalue weighted by molar-refractivity contribution is 7.89. The summed E-state index contributed by atoms with van der Waals surface area (Å²) in [7, 11) is -3.81. The molecule has 1 unspecified atom stereocenters. The minimum Gasteiger partial charge on any atom is -0.456 e. The maximum absolute atomic E-state index is 11.8. The lowest BCUT2D eigenvalue weighted by Crippen LogP contribution is -2.20. The van der Waals surface area contributed by atoms with Gasteiger partial charge in [-0.3, -0.25) is 0 Å². The lowest BCUT2D eigenvalue weighted by molar-refractivity contribution is 0.00483. The number of ether oxygens (including phenoxy) is 2. The molecule has 0 spiro atoms. The second-order valence-electron chi connectivity index (χ2n) is 3.95. The molecule has 1 rings (SSSR count). The third-order valence-corrected chi connectivity index (χ3v) is 4.44. The lowest BCUT2D eigenvalue weighted by atomic mass is 10.4. The minimum atomic E-state index is -3.81. The summed E-state index contributed by atoms with van der Waals surface area (Å²) in [4.78, 5) is 12.4. The summed E-state index contributed by atoms with van der Waals surface area (Å²) in [6, 6.07) is 1.24. The second kappa shape index (κ2) is 6.47. The molecule has 0 fully saturated rings. The van der Waals surface area contributed by atoms with Crippen LogP contribution >= 0.6 is 11.3 Å². The van der Waals surface area contributed by atoms with Gasteiger partial charge in [-0.25, -0.2) is 18.4 Å². The quantitative estimate of drug-likeness (QED) is 0.799. The van der Waals surface area contributed by atoms with Gasteiger partial charge in [0.25, 0.3) is 0 Å². The average molecular weight is 307 g/mol. The Kier molecular flexibility index (Phi) is 5.48. The Hall–Kier alpha value is -0.960. The molecular formula is C11H17NO5S2. The number of nitrogens with two attached hydrogens (primary N) is 1. The van der Waals surface area contributed by atoms with Crippen molar-refractivity contribution in [3.63, 3.8) is 0 Å². The summed E-state index contributed by atoms with van der Waals surface area (Å²) >= 11 is 1.04. The zero-order valence-corrected chi connectivity index (χ0v) is 12.6. The summed E-state index contributed by atoms with van der Waals surface area (Å²) in [6.45, 7) is 5.97. The van der Waals surface area contributed by atoms with Crippen LogP contribution in [0.2, 0.25) is 0 Å². The van der Waals surface area contributed by atoms with E-state index in [1.807, 2.05) is 6.92 Å². The van der Waals surface area contributed by atoms with Crippen LogP contribution in [0.5, 0.6) is 0 Å². The zero-order chi connectivity index (χ0) is 14.6. The summed E-state index contributed by atoms with van der Waals surface area (Å²) in [5.41, 5.74) is 0. The van der Waals surface area contributed by atoms with E-state index in [2.05, 4.69) is 0 Å². The van der Waals surface area contributed by atoms with E-state index in [0.717, 1.165) is 11.3 Å². The second-order valence-corrected chi connectivity index (χ2v) is 6.74. The topological polar surface area (TPSA) is 95.7 Å². The van der Waals surface area contributed by atoms with E-state index in [9.17, 15) is 13.2 Å². The van der Waals surface area contributed by atoms with Crippen LogP contribution in [0.4, 0.5) is 0 Å². The Labute approximate surface area is 116 Å². The van der Waals surface area contributed by atoms with E-state index in [1.165, 1.54) is 6.07 Å². The van der Waals surface area contributed by atoms with Gasteiger partial charge in [0, 0.05) is 11.5 Å². The first-order valence-electron chi connectivity index (χ1n) is 5.67. The molecule has 0 radical (unpaired) electrons. The van der Waals surface area contributed by atoms with Gasteiger partial charge >= 0.3 is 5.97 Å². The first-order chi connectivity index (χ1) is 8.75. The molecule has 108 valence electrons. The predicted molar refractivity (Wildman–Crippen MR) is 71.8 cm³/mol. The molecular weight excluding hydrogens is 290 g/mol. The number of hydrogen-bond acceptors (Lipinski definition) is 6. The normalized spacial score (nSPS) is 13.3. The van der Waals surface area contributed by atoms with Crippen molar-refractivity contribution in [2.24, 2.45) is 5.14 Å². The zero-order valence-electron chi connectivity index (χ0n) is 11.0. The number of esters is 1. The van der Waals surface area contributed by atoms with Crippen LogP contribution in [-0.2, 0) is 19.5 Å². The molecule has 19 heavy (non-hydrogen) atoms. The van der Waals surface area contributed by atoms with E-state index in [4.69, 9.17) is 14.6 Å².